The Kier molecular flexibility index (Phi) is 10.5. The molecule has 3 aromatic carbocycles. The number of hydrogen-bond acceptors (Lipinski definition) is 3. The molecule has 0 saturated carbocycles. The van der Waals surface area contributed by atoms with Crippen LogP contribution in [-0.4, -0.2) is 0 Å². The third-order valence-corrected chi connectivity index (χ3v) is 8.78. The molecule has 0 radical (unpaired) electrons. The van der Waals surface area contributed by atoms with E-state index in [0.717, 1.165) is 17.2 Å². The van der Waals surface area contributed by atoms with Gasteiger partial charge in [0.05, 0.1) is 0 Å². The molecule has 4 heteroatoms. The summed E-state index contributed by atoms with van der Waals surface area (Å²) in [5.41, 5.74) is 3.51. The smallest absolute Gasteiger partial charge is 0.408 e. The van der Waals surface area contributed by atoms with E-state index in [1.54, 1.807) is 0 Å². The fraction of sp³-hybridized carbons (Fsp3) is 0.455. The Labute approximate surface area is 226 Å². The van der Waals surface area contributed by atoms with Gasteiger partial charge in [0.1, 0.15) is 17.2 Å². The van der Waals surface area contributed by atoms with Crippen LogP contribution in [0.4, 0.5) is 0 Å². The van der Waals surface area contributed by atoms with E-state index in [1.165, 1.54) is 16.7 Å². The molecule has 37 heavy (non-hydrogen) atoms. The van der Waals surface area contributed by atoms with Gasteiger partial charge in [-0.2, -0.15) is 0 Å². The number of para-hydroxylation sites is 3. The van der Waals surface area contributed by atoms with Crippen LogP contribution in [0.1, 0.15) is 96.8 Å². The molecule has 0 spiro atoms. The van der Waals surface area contributed by atoms with Crippen molar-refractivity contribution < 1.29 is 13.6 Å². The van der Waals surface area contributed by atoms with Crippen LogP contribution in [0, 0.1) is 17.8 Å². The predicted molar refractivity (Wildman–Crippen MR) is 158 cm³/mol. The molecule has 0 aliphatic carbocycles. The molecule has 0 heterocycles. The second-order valence-corrected chi connectivity index (χ2v) is 12.2. The molecule has 3 unspecified atom stereocenters. The summed E-state index contributed by atoms with van der Waals surface area (Å²) < 4.78 is 19.9. The molecule has 0 fully saturated rings. The van der Waals surface area contributed by atoms with Crippen molar-refractivity contribution in [1.29, 1.82) is 0 Å². The minimum atomic E-state index is -1.77. The maximum atomic E-state index is 6.64. The van der Waals surface area contributed by atoms with Gasteiger partial charge >= 0.3 is 8.60 Å². The van der Waals surface area contributed by atoms with E-state index >= 15 is 0 Å². The van der Waals surface area contributed by atoms with Gasteiger partial charge in [-0.25, -0.2) is 0 Å². The molecule has 3 rings (SSSR count). The Bertz CT molecular complexity index is 982. The summed E-state index contributed by atoms with van der Waals surface area (Å²) in [7, 11) is -1.77. The van der Waals surface area contributed by atoms with Gasteiger partial charge in [-0.15, -0.1) is 0 Å². The summed E-state index contributed by atoms with van der Waals surface area (Å²) in [6.07, 6.45) is 0. The second-order valence-electron chi connectivity index (χ2n) is 11.2. The van der Waals surface area contributed by atoms with Crippen molar-refractivity contribution >= 4 is 8.60 Å². The van der Waals surface area contributed by atoms with E-state index in [9.17, 15) is 0 Å². The first-order valence-corrected chi connectivity index (χ1v) is 14.8. The van der Waals surface area contributed by atoms with E-state index < -0.39 is 8.60 Å². The third kappa shape index (κ3) is 7.51. The number of rotatable bonds is 12. The fourth-order valence-electron chi connectivity index (χ4n) is 4.19. The van der Waals surface area contributed by atoms with Gasteiger partial charge in [0, 0.05) is 0 Å². The normalized spacial score (nSPS) is 14.9. The Morgan fingerprint density at radius 2 is 0.649 bits per heavy atom. The monoisotopic (exact) mass is 520 g/mol. The molecule has 0 saturated heterocycles. The standard InChI is InChI=1S/C33H45O3P/c1-22(2)25(7)28-16-10-13-19-31(28)34-37(35-32-20-14-11-17-29(32)26(8)23(3)4)36-33-21-15-12-18-30(33)27(9)24(5)6/h10-27H,1-9H3. The summed E-state index contributed by atoms with van der Waals surface area (Å²) >= 11 is 0. The molecule has 0 N–H and O–H groups in total. The lowest BCUT2D eigenvalue weighted by Crippen LogP contribution is -2.11. The zero-order valence-corrected chi connectivity index (χ0v) is 25.0. The number of hydrogen-bond donors (Lipinski definition) is 0. The second kappa shape index (κ2) is 13.3. The quantitative estimate of drug-likeness (QED) is 0.222. The largest absolute Gasteiger partial charge is 0.530 e. The van der Waals surface area contributed by atoms with Crippen LogP contribution in [0.2, 0.25) is 0 Å². The first-order valence-electron chi connectivity index (χ1n) is 13.7. The summed E-state index contributed by atoms with van der Waals surface area (Å²) in [6, 6.07) is 24.8. The number of benzene rings is 3. The lowest BCUT2D eigenvalue weighted by molar-refractivity contribution is 0.373. The van der Waals surface area contributed by atoms with Crippen LogP contribution in [0.15, 0.2) is 72.8 Å². The average molecular weight is 521 g/mol. The summed E-state index contributed by atoms with van der Waals surface area (Å²) in [6.45, 7) is 20.2. The Morgan fingerprint density at radius 1 is 0.405 bits per heavy atom. The van der Waals surface area contributed by atoms with E-state index in [-0.39, 0.29) is 0 Å². The molecule has 3 aromatic rings. The maximum absolute atomic E-state index is 6.64. The van der Waals surface area contributed by atoms with Crippen molar-refractivity contribution in [3.8, 4) is 17.2 Å². The van der Waals surface area contributed by atoms with Crippen LogP contribution in [0.3, 0.4) is 0 Å². The van der Waals surface area contributed by atoms with Crippen molar-refractivity contribution in [2.45, 2.75) is 80.1 Å². The predicted octanol–water partition coefficient (Wildman–Crippen LogP) is 10.7. The molecule has 0 aromatic heterocycles. The summed E-state index contributed by atoms with van der Waals surface area (Å²) in [5.74, 6) is 4.93. The van der Waals surface area contributed by atoms with Crippen molar-refractivity contribution in [1.82, 2.24) is 0 Å². The van der Waals surface area contributed by atoms with Crippen molar-refractivity contribution in [2.75, 3.05) is 0 Å². The van der Waals surface area contributed by atoms with Crippen LogP contribution in [-0.2, 0) is 0 Å². The Balaban J connectivity index is 2.03. The Hall–Kier alpha value is -2.51. The van der Waals surface area contributed by atoms with Crippen LogP contribution in [0.5, 0.6) is 17.2 Å². The zero-order valence-electron chi connectivity index (χ0n) is 24.1. The summed E-state index contributed by atoms with van der Waals surface area (Å²) in [4.78, 5) is 0. The van der Waals surface area contributed by atoms with Crippen molar-refractivity contribution in [2.24, 2.45) is 17.8 Å². The maximum Gasteiger partial charge on any atom is 0.530 e. The van der Waals surface area contributed by atoms with Crippen molar-refractivity contribution in [3.05, 3.63) is 89.5 Å². The van der Waals surface area contributed by atoms with Gasteiger partial charge in [0.2, 0.25) is 0 Å². The topological polar surface area (TPSA) is 27.7 Å². The highest BCUT2D eigenvalue weighted by atomic mass is 31.2. The molecule has 0 amide bonds. The van der Waals surface area contributed by atoms with E-state index in [1.807, 2.05) is 36.4 Å². The van der Waals surface area contributed by atoms with Gasteiger partial charge in [-0.1, -0.05) is 117 Å². The molecule has 0 aliphatic heterocycles. The van der Waals surface area contributed by atoms with Gasteiger partial charge in [-0.05, 0) is 70.4 Å². The summed E-state index contributed by atoms with van der Waals surface area (Å²) in [5, 5.41) is 0. The first kappa shape index (κ1) is 29.1. The molecule has 0 aliphatic rings. The Morgan fingerprint density at radius 3 is 0.892 bits per heavy atom. The van der Waals surface area contributed by atoms with Crippen LogP contribution < -0.4 is 13.6 Å². The molecule has 200 valence electrons. The van der Waals surface area contributed by atoms with E-state index in [4.69, 9.17) is 13.6 Å². The van der Waals surface area contributed by atoms with Gasteiger partial charge in [-0.3, -0.25) is 0 Å². The average Bonchev–Trinajstić information content (AvgIpc) is 2.88. The minimum absolute atomic E-state index is 0.342. The molecule has 3 atom stereocenters. The lowest BCUT2D eigenvalue weighted by Gasteiger charge is -2.26. The minimum Gasteiger partial charge on any atom is -0.408 e. The van der Waals surface area contributed by atoms with Gasteiger partial charge in [0.25, 0.3) is 0 Å². The van der Waals surface area contributed by atoms with E-state index in [0.29, 0.717) is 35.5 Å². The first-order chi connectivity index (χ1) is 17.6. The zero-order chi connectivity index (χ0) is 27.1. The highest BCUT2D eigenvalue weighted by Gasteiger charge is 2.27. The molecular formula is C33H45O3P. The highest BCUT2D eigenvalue weighted by molar-refractivity contribution is 7.43. The SMILES string of the molecule is CC(C)C(C)c1ccccc1OP(Oc1ccccc1C(C)C(C)C)Oc1ccccc1C(C)C(C)C. The molecule has 3 nitrogen and oxygen atoms in total. The van der Waals surface area contributed by atoms with Crippen LogP contribution >= 0.6 is 8.60 Å². The molecule has 0 bridgehead atoms. The molecular weight excluding hydrogens is 475 g/mol. The van der Waals surface area contributed by atoms with Crippen LogP contribution in [0.25, 0.3) is 0 Å². The van der Waals surface area contributed by atoms with Gasteiger partial charge < -0.3 is 13.6 Å². The highest BCUT2D eigenvalue weighted by Crippen LogP contribution is 2.48. The van der Waals surface area contributed by atoms with Gasteiger partial charge in [0.15, 0.2) is 0 Å². The van der Waals surface area contributed by atoms with Crippen molar-refractivity contribution in [3.63, 3.8) is 0 Å². The lowest BCUT2D eigenvalue weighted by atomic mass is 9.90. The third-order valence-electron chi connectivity index (χ3n) is 7.75. The van der Waals surface area contributed by atoms with E-state index in [2.05, 4.69) is 98.7 Å². The fourth-order valence-corrected chi connectivity index (χ4v) is 5.29.